The predicted molar refractivity (Wildman–Crippen MR) is 117 cm³/mol. The first-order valence-electron chi connectivity index (χ1n) is 11.0. The molecule has 0 spiro atoms. The lowest BCUT2D eigenvalue weighted by Crippen LogP contribution is -2.53. The number of imide groups is 1. The molecule has 1 fully saturated rings. The van der Waals surface area contributed by atoms with Crippen molar-refractivity contribution in [1.82, 2.24) is 0 Å². The Morgan fingerprint density at radius 1 is 0.848 bits per heavy atom. The molecule has 6 heteroatoms. The third kappa shape index (κ3) is 2.41. The number of hydrogen-bond donors (Lipinski definition) is 0. The van der Waals surface area contributed by atoms with Gasteiger partial charge in [0.2, 0.25) is 11.8 Å². The van der Waals surface area contributed by atoms with E-state index in [1.54, 1.807) is 0 Å². The van der Waals surface area contributed by atoms with Gasteiger partial charge in [-0.15, -0.1) is 0 Å². The van der Waals surface area contributed by atoms with Gasteiger partial charge in [0.25, 0.3) is 0 Å². The fraction of sp³-hybridized carbons (Fsp3) is 0.259. The van der Waals surface area contributed by atoms with Crippen LogP contribution in [0.15, 0.2) is 72.8 Å². The highest BCUT2D eigenvalue weighted by Crippen LogP contribution is 2.65. The van der Waals surface area contributed by atoms with Crippen molar-refractivity contribution in [2.24, 2.45) is 11.8 Å². The van der Waals surface area contributed by atoms with E-state index in [9.17, 15) is 22.8 Å². The third-order valence-electron chi connectivity index (χ3n) is 7.78. The molecule has 3 aliphatic carbocycles. The zero-order valence-electron chi connectivity index (χ0n) is 17.8. The average Bonchev–Trinajstić information content (AvgIpc) is 3.09. The van der Waals surface area contributed by atoms with E-state index in [1.807, 2.05) is 55.5 Å². The fourth-order valence-electron chi connectivity index (χ4n) is 6.61. The molecule has 3 aromatic carbocycles. The highest BCUT2D eigenvalue weighted by atomic mass is 19.4. The van der Waals surface area contributed by atoms with Crippen molar-refractivity contribution in [3.63, 3.8) is 0 Å². The Balaban J connectivity index is 1.59. The number of anilines is 1. The SMILES string of the molecule is CCC12c3ccccc3C(c3ccccc31)[C@H]1C(=O)N(c3cccc(C(F)(F)F)c3)C(=O)[C@H]12. The molecule has 2 atom stereocenters. The first-order chi connectivity index (χ1) is 15.8. The van der Waals surface area contributed by atoms with E-state index in [0.717, 1.165) is 39.3 Å². The Morgan fingerprint density at radius 3 is 2.03 bits per heavy atom. The van der Waals surface area contributed by atoms with Crippen LogP contribution < -0.4 is 4.90 Å². The molecule has 3 aromatic rings. The summed E-state index contributed by atoms with van der Waals surface area (Å²) in [7, 11) is 0. The van der Waals surface area contributed by atoms with Crippen LogP contribution in [0.3, 0.4) is 0 Å². The number of alkyl halides is 3. The van der Waals surface area contributed by atoms with Gasteiger partial charge >= 0.3 is 6.18 Å². The van der Waals surface area contributed by atoms with Gasteiger partial charge in [0.1, 0.15) is 0 Å². The number of amides is 2. The lowest BCUT2D eigenvalue weighted by molar-refractivity contribution is -0.137. The normalized spacial score (nSPS) is 27.4. The van der Waals surface area contributed by atoms with Crippen molar-refractivity contribution in [3.05, 3.63) is 101 Å². The molecule has 0 unspecified atom stereocenters. The molecule has 166 valence electrons. The molecule has 4 aliphatic rings. The Morgan fingerprint density at radius 2 is 1.45 bits per heavy atom. The Kier molecular flexibility index (Phi) is 4.02. The highest BCUT2D eigenvalue weighted by Gasteiger charge is 2.67. The second-order valence-electron chi connectivity index (χ2n) is 9.04. The molecular formula is C27H20F3NO2. The molecule has 1 saturated heterocycles. The van der Waals surface area contributed by atoms with Gasteiger partial charge < -0.3 is 0 Å². The van der Waals surface area contributed by atoms with Crippen molar-refractivity contribution in [2.75, 3.05) is 4.90 Å². The maximum Gasteiger partial charge on any atom is 0.416 e. The van der Waals surface area contributed by atoms with Crippen molar-refractivity contribution in [3.8, 4) is 0 Å². The number of hydrogen-bond acceptors (Lipinski definition) is 2. The number of nitrogens with zero attached hydrogens (tertiary/aromatic N) is 1. The molecule has 7 rings (SSSR count). The minimum absolute atomic E-state index is 0.0204. The summed E-state index contributed by atoms with van der Waals surface area (Å²) in [5.41, 5.74) is 2.56. The molecule has 0 saturated carbocycles. The van der Waals surface area contributed by atoms with Crippen LogP contribution in [-0.2, 0) is 21.2 Å². The van der Waals surface area contributed by atoms with E-state index in [-0.39, 0.29) is 11.6 Å². The zero-order valence-corrected chi connectivity index (χ0v) is 17.8. The van der Waals surface area contributed by atoms with Crippen LogP contribution in [0, 0.1) is 11.8 Å². The number of carbonyl (C=O) groups excluding carboxylic acids is 2. The Labute approximate surface area is 188 Å². The van der Waals surface area contributed by atoms with E-state index in [1.165, 1.54) is 12.1 Å². The van der Waals surface area contributed by atoms with Crippen LogP contribution in [0.5, 0.6) is 0 Å². The number of halogens is 3. The topological polar surface area (TPSA) is 37.4 Å². The first kappa shape index (κ1) is 20.2. The molecule has 2 bridgehead atoms. The summed E-state index contributed by atoms with van der Waals surface area (Å²) >= 11 is 0. The van der Waals surface area contributed by atoms with Gasteiger partial charge in [-0.3, -0.25) is 9.59 Å². The first-order valence-corrected chi connectivity index (χ1v) is 11.0. The van der Waals surface area contributed by atoms with Gasteiger partial charge in [0.15, 0.2) is 0 Å². The van der Waals surface area contributed by atoms with Crippen LogP contribution >= 0.6 is 0 Å². The van der Waals surface area contributed by atoms with Crippen molar-refractivity contribution in [1.29, 1.82) is 0 Å². The molecule has 33 heavy (non-hydrogen) atoms. The van der Waals surface area contributed by atoms with Crippen molar-refractivity contribution >= 4 is 17.5 Å². The molecular weight excluding hydrogens is 427 g/mol. The molecule has 1 aliphatic heterocycles. The second-order valence-corrected chi connectivity index (χ2v) is 9.04. The lowest BCUT2D eigenvalue weighted by Gasteiger charge is -2.54. The minimum atomic E-state index is -4.56. The summed E-state index contributed by atoms with van der Waals surface area (Å²) in [6.07, 6.45) is -3.96. The fourth-order valence-corrected chi connectivity index (χ4v) is 6.61. The van der Waals surface area contributed by atoms with Crippen LogP contribution in [-0.4, -0.2) is 11.8 Å². The quantitative estimate of drug-likeness (QED) is 0.475. The standard InChI is InChI=1S/C27H20F3NO2/c1-2-26-19-12-5-3-10-17(19)21(18-11-4-6-13-20(18)26)22-23(26)25(33)31(24(22)32)16-9-7-8-15(14-16)27(28,29)30/h3-14,21-23H,2H2,1H3/t21?,22-,23+,26?/m1/s1. The third-order valence-corrected chi connectivity index (χ3v) is 7.78. The van der Waals surface area contributed by atoms with Crippen LogP contribution in [0.1, 0.15) is 47.1 Å². The largest absolute Gasteiger partial charge is 0.416 e. The van der Waals surface area contributed by atoms with Crippen LogP contribution in [0.2, 0.25) is 0 Å². The molecule has 0 aromatic heterocycles. The highest BCUT2D eigenvalue weighted by molar-refractivity contribution is 6.23. The maximum absolute atomic E-state index is 13.9. The summed E-state index contributed by atoms with van der Waals surface area (Å²) in [5, 5.41) is 0. The van der Waals surface area contributed by atoms with Gasteiger partial charge in [-0.2, -0.15) is 13.2 Å². The number of rotatable bonds is 2. The Bertz CT molecular complexity index is 1280. The van der Waals surface area contributed by atoms with E-state index < -0.39 is 40.8 Å². The second kappa shape index (κ2) is 6.56. The summed E-state index contributed by atoms with van der Waals surface area (Å²) in [4.78, 5) is 28.7. The zero-order chi connectivity index (χ0) is 23.1. The molecule has 2 amide bonds. The van der Waals surface area contributed by atoms with E-state index >= 15 is 0 Å². The van der Waals surface area contributed by atoms with Crippen LogP contribution in [0.25, 0.3) is 0 Å². The smallest absolute Gasteiger partial charge is 0.274 e. The lowest BCUT2D eigenvalue weighted by atomic mass is 9.46. The average molecular weight is 447 g/mol. The monoisotopic (exact) mass is 447 g/mol. The van der Waals surface area contributed by atoms with Crippen molar-refractivity contribution < 1.29 is 22.8 Å². The molecule has 0 N–H and O–H groups in total. The molecule has 1 heterocycles. The van der Waals surface area contributed by atoms with Crippen molar-refractivity contribution in [2.45, 2.75) is 30.9 Å². The van der Waals surface area contributed by atoms with Gasteiger partial charge in [0, 0.05) is 11.3 Å². The van der Waals surface area contributed by atoms with Gasteiger partial charge in [-0.25, -0.2) is 4.90 Å². The van der Waals surface area contributed by atoms with Gasteiger partial charge in [-0.05, 0) is 46.9 Å². The summed E-state index contributed by atoms with van der Waals surface area (Å²) < 4.78 is 40.1. The Hall–Kier alpha value is -3.41. The van der Waals surface area contributed by atoms with E-state index in [2.05, 4.69) is 0 Å². The minimum Gasteiger partial charge on any atom is -0.274 e. The van der Waals surface area contributed by atoms with Crippen LogP contribution in [0.4, 0.5) is 18.9 Å². The molecule has 0 radical (unpaired) electrons. The number of benzene rings is 3. The van der Waals surface area contributed by atoms with Gasteiger partial charge in [0.05, 0.1) is 23.1 Å². The molecule has 3 nitrogen and oxygen atoms in total. The predicted octanol–water partition coefficient (Wildman–Crippen LogP) is 5.67. The van der Waals surface area contributed by atoms with Gasteiger partial charge in [-0.1, -0.05) is 61.5 Å². The maximum atomic E-state index is 13.9. The summed E-state index contributed by atoms with van der Waals surface area (Å²) in [6.45, 7) is 2.01. The summed E-state index contributed by atoms with van der Waals surface area (Å²) in [6, 6.07) is 20.4. The summed E-state index contributed by atoms with van der Waals surface area (Å²) in [5.74, 6) is -2.43. The van der Waals surface area contributed by atoms with E-state index in [0.29, 0.717) is 6.42 Å². The van der Waals surface area contributed by atoms with E-state index in [4.69, 9.17) is 0 Å². The number of carbonyl (C=O) groups is 2.